The standard InChI is InChI=1S/C13H23N3O2/c1-10(17)15-12-5-7-16(9-12)13(18)8-11-4-2-3-6-14-11/h11-12,14H,2-9H2,1H3,(H,15,17). The van der Waals surface area contributed by atoms with Crippen molar-refractivity contribution >= 4 is 11.8 Å². The lowest BCUT2D eigenvalue weighted by molar-refractivity contribution is -0.131. The van der Waals surface area contributed by atoms with Crippen LogP contribution in [0.25, 0.3) is 0 Å². The van der Waals surface area contributed by atoms with Crippen LogP contribution in [0.5, 0.6) is 0 Å². The minimum Gasteiger partial charge on any atom is -0.352 e. The van der Waals surface area contributed by atoms with Crippen LogP contribution in [0.3, 0.4) is 0 Å². The molecule has 5 nitrogen and oxygen atoms in total. The fourth-order valence-corrected chi connectivity index (χ4v) is 2.83. The van der Waals surface area contributed by atoms with E-state index in [9.17, 15) is 9.59 Å². The highest BCUT2D eigenvalue weighted by atomic mass is 16.2. The van der Waals surface area contributed by atoms with E-state index in [-0.39, 0.29) is 17.9 Å². The Morgan fingerprint density at radius 2 is 2.17 bits per heavy atom. The number of nitrogens with zero attached hydrogens (tertiary/aromatic N) is 1. The van der Waals surface area contributed by atoms with E-state index in [0.29, 0.717) is 19.0 Å². The van der Waals surface area contributed by atoms with Gasteiger partial charge in [-0.3, -0.25) is 9.59 Å². The first kappa shape index (κ1) is 13.3. The molecule has 2 rings (SSSR count). The third-order valence-corrected chi connectivity index (χ3v) is 3.78. The van der Waals surface area contributed by atoms with Crippen molar-refractivity contribution in [2.45, 2.75) is 51.1 Å². The molecule has 0 aliphatic carbocycles. The zero-order valence-corrected chi connectivity index (χ0v) is 11.1. The number of hydrogen-bond donors (Lipinski definition) is 2. The van der Waals surface area contributed by atoms with Crippen LogP contribution in [0.4, 0.5) is 0 Å². The lowest BCUT2D eigenvalue weighted by Gasteiger charge is -2.25. The molecule has 0 radical (unpaired) electrons. The van der Waals surface area contributed by atoms with Crippen molar-refractivity contribution < 1.29 is 9.59 Å². The highest BCUT2D eigenvalue weighted by Gasteiger charge is 2.28. The van der Waals surface area contributed by atoms with Gasteiger partial charge in [0.2, 0.25) is 11.8 Å². The summed E-state index contributed by atoms with van der Waals surface area (Å²) in [5.74, 6) is 0.213. The molecule has 2 unspecified atom stereocenters. The first-order chi connectivity index (χ1) is 8.65. The van der Waals surface area contributed by atoms with Crippen LogP contribution in [0.15, 0.2) is 0 Å². The number of likely N-dealkylation sites (tertiary alicyclic amines) is 1. The average molecular weight is 253 g/mol. The summed E-state index contributed by atoms with van der Waals surface area (Å²) in [6, 6.07) is 0.497. The van der Waals surface area contributed by atoms with Gasteiger partial charge < -0.3 is 15.5 Å². The molecule has 2 saturated heterocycles. The molecule has 0 bridgehead atoms. The monoisotopic (exact) mass is 253 g/mol. The van der Waals surface area contributed by atoms with Crippen molar-refractivity contribution in [2.75, 3.05) is 19.6 Å². The van der Waals surface area contributed by atoms with Gasteiger partial charge in [-0.2, -0.15) is 0 Å². The number of rotatable bonds is 3. The van der Waals surface area contributed by atoms with Crippen molar-refractivity contribution in [3.63, 3.8) is 0 Å². The van der Waals surface area contributed by atoms with Crippen LogP contribution in [0, 0.1) is 0 Å². The lowest BCUT2D eigenvalue weighted by atomic mass is 10.0. The highest BCUT2D eigenvalue weighted by molar-refractivity contribution is 5.77. The summed E-state index contributed by atoms with van der Waals surface area (Å²) < 4.78 is 0. The number of amides is 2. The minimum atomic E-state index is -0.0109. The first-order valence-electron chi connectivity index (χ1n) is 6.93. The van der Waals surface area contributed by atoms with E-state index in [1.807, 2.05) is 4.90 Å². The summed E-state index contributed by atoms with van der Waals surface area (Å²) in [6.45, 7) is 4.00. The van der Waals surface area contributed by atoms with Gasteiger partial charge in [0.15, 0.2) is 0 Å². The predicted octanol–water partition coefficient (Wildman–Crippen LogP) is 0.256. The second-order valence-electron chi connectivity index (χ2n) is 5.38. The predicted molar refractivity (Wildman–Crippen MR) is 69.1 cm³/mol. The third kappa shape index (κ3) is 3.70. The van der Waals surface area contributed by atoms with Gasteiger partial charge in [-0.1, -0.05) is 6.42 Å². The molecule has 0 aromatic rings. The van der Waals surface area contributed by atoms with E-state index in [0.717, 1.165) is 25.9 Å². The maximum atomic E-state index is 12.1. The molecule has 5 heteroatoms. The Balaban J connectivity index is 1.74. The second-order valence-corrected chi connectivity index (χ2v) is 5.38. The van der Waals surface area contributed by atoms with E-state index in [1.54, 1.807) is 0 Å². The van der Waals surface area contributed by atoms with Gasteiger partial charge in [-0.15, -0.1) is 0 Å². The van der Waals surface area contributed by atoms with Gasteiger partial charge in [0.25, 0.3) is 0 Å². The van der Waals surface area contributed by atoms with E-state index in [4.69, 9.17) is 0 Å². The zero-order chi connectivity index (χ0) is 13.0. The summed E-state index contributed by atoms with van der Waals surface area (Å²) in [7, 11) is 0. The summed E-state index contributed by atoms with van der Waals surface area (Å²) in [6.07, 6.45) is 5.03. The van der Waals surface area contributed by atoms with Crippen LogP contribution in [0.1, 0.15) is 39.0 Å². The zero-order valence-electron chi connectivity index (χ0n) is 11.1. The second kappa shape index (κ2) is 6.18. The largest absolute Gasteiger partial charge is 0.352 e. The lowest BCUT2D eigenvalue weighted by Crippen LogP contribution is -2.41. The molecule has 0 saturated carbocycles. The Labute approximate surface area is 108 Å². The van der Waals surface area contributed by atoms with E-state index in [1.165, 1.54) is 19.8 Å². The molecule has 2 atom stereocenters. The molecular formula is C13H23N3O2. The number of carbonyl (C=O) groups excluding carboxylic acids is 2. The molecule has 0 spiro atoms. The van der Waals surface area contributed by atoms with Gasteiger partial charge in [0, 0.05) is 38.5 Å². The Morgan fingerprint density at radius 1 is 1.33 bits per heavy atom. The van der Waals surface area contributed by atoms with Gasteiger partial charge >= 0.3 is 0 Å². The number of hydrogen-bond acceptors (Lipinski definition) is 3. The minimum absolute atomic E-state index is 0.0109. The number of carbonyl (C=O) groups is 2. The summed E-state index contributed by atoms with van der Waals surface area (Å²) >= 11 is 0. The molecule has 2 amide bonds. The summed E-state index contributed by atoms with van der Waals surface area (Å²) in [5.41, 5.74) is 0. The Kier molecular flexibility index (Phi) is 4.58. The van der Waals surface area contributed by atoms with Crippen LogP contribution in [-0.2, 0) is 9.59 Å². The molecule has 2 N–H and O–H groups in total. The summed E-state index contributed by atoms with van der Waals surface area (Å²) in [5, 5.41) is 6.28. The van der Waals surface area contributed by atoms with Crippen molar-refractivity contribution in [1.82, 2.24) is 15.5 Å². The van der Waals surface area contributed by atoms with Gasteiger partial charge in [-0.05, 0) is 25.8 Å². The molecule has 2 aliphatic rings. The Morgan fingerprint density at radius 3 is 2.83 bits per heavy atom. The van der Waals surface area contributed by atoms with Crippen molar-refractivity contribution in [3.05, 3.63) is 0 Å². The molecule has 102 valence electrons. The molecule has 0 aromatic carbocycles. The topological polar surface area (TPSA) is 61.4 Å². The van der Waals surface area contributed by atoms with E-state index in [2.05, 4.69) is 10.6 Å². The van der Waals surface area contributed by atoms with E-state index < -0.39 is 0 Å². The van der Waals surface area contributed by atoms with Crippen LogP contribution >= 0.6 is 0 Å². The smallest absolute Gasteiger partial charge is 0.224 e. The number of piperidine rings is 1. The molecule has 18 heavy (non-hydrogen) atoms. The molecular weight excluding hydrogens is 230 g/mol. The average Bonchev–Trinajstić information content (AvgIpc) is 2.78. The highest BCUT2D eigenvalue weighted by Crippen LogP contribution is 2.15. The molecule has 0 aromatic heterocycles. The fraction of sp³-hybridized carbons (Fsp3) is 0.846. The van der Waals surface area contributed by atoms with Gasteiger partial charge in [0.1, 0.15) is 0 Å². The quantitative estimate of drug-likeness (QED) is 0.758. The fourth-order valence-electron chi connectivity index (χ4n) is 2.83. The molecule has 2 aliphatic heterocycles. The molecule has 2 fully saturated rings. The third-order valence-electron chi connectivity index (χ3n) is 3.78. The van der Waals surface area contributed by atoms with Gasteiger partial charge in [-0.25, -0.2) is 0 Å². The Bertz CT molecular complexity index is 313. The van der Waals surface area contributed by atoms with Crippen LogP contribution in [-0.4, -0.2) is 48.4 Å². The number of nitrogens with one attached hydrogen (secondary N) is 2. The maximum Gasteiger partial charge on any atom is 0.224 e. The van der Waals surface area contributed by atoms with Crippen molar-refractivity contribution in [2.24, 2.45) is 0 Å². The molecule has 2 heterocycles. The van der Waals surface area contributed by atoms with E-state index >= 15 is 0 Å². The first-order valence-corrected chi connectivity index (χ1v) is 6.93. The van der Waals surface area contributed by atoms with Crippen molar-refractivity contribution in [3.8, 4) is 0 Å². The normalized spacial score (nSPS) is 28.2. The Hall–Kier alpha value is -1.10. The van der Waals surface area contributed by atoms with Crippen molar-refractivity contribution in [1.29, 1.82) is 0 Å². The maximum absolute atomic E-state index is 12.1. The van der Waals surface area contributed by atoms with Crippen LogP contribution in [0.2, 0.25) is 0 Å². The SMILES string of the molecule is CC(=O)NC1CCN(C(=O)CC2CCCCN2)C1. The summed E-state index contributed by atoms with van der Waals surface area (Å²) in [4.78, 5) is 25.0. The van der Waals surface area contributed by atoms with Crippen LogP contribution < -0.4 is 10.6 Å². The van der Waals surface area contributed by atoms with Gasteiger partial charge in [0.05, 0.1) is 0 Å².